The molecule has 0 radical (unpaired) electrons. The highest BCUT2D eigenvalue weighted by Crippen LogP contribution is 2.42. The Morgan fingerprint density at radius 2 is 2.00 bits per heavy atom. The van der Waals surface area contributed by atoms with Crippen LogP contribution < -0.4 is 29.7 Å². The second-order valence-electron chi connectivity index (χ2n) is 9.34. The standard InChI is InChI=1S/C28H30N4O4/c1-34-28-19(16-29-17-20-7-10-27(33)30-20)6-9-26(31-28)32-12-11-22-21(3-2-4-23(22)32)18-5-8-24-25(15-18)36-14-13-35-24/h2-6,8-9,15,20,29H,7,10-14,16-17H2,1H3,(H,30,33)/t20-/m0/s1. The van der Waals surface area contributed by atoms with Gasteiger partial charge in [-0.25, -0.2) is 0 Å². The number of ether oxygens (including phenoxy) is 3. The van der Waals surface area contributed by atoms with Crippen LogP contribution in [-0.4, -0.2) is 50.3 Å². The fraction of sp³-hybridized carbons (Fsp3) is 0.357. The van der Waals surface area contributed by atoms with Gasteiger partial charge in [0.25, 0.3) is 0 Å². The monoisotopic (exact) mass is 486 g/mol. The highest BCUT2D eigenvalue weighted by Gasteiger charge is 2.26. The topological polar surface area (TPSA) is 85.0 Å². The maximum atomic E-state index is 11.4. The molecule has 1 amide bonds. The van der Waals surface area contributed by atoms with Crippen LogP contribution in [0.2, 0.25) is 0 Å². The second-order valence-corrected chi connectivity index (χ2v) is 9.34. The van der Waals surface area contributed by atoms with Gasteiger partial charge in [0.2, 0.25) is 11.8 Å². The van der Waals surface area contributed by atoms with Crippen LogP contribution in [0.1, 0.15) is 24.0 Å². The third-order valence-electron chi connectivity index (χ3n) is 7.07. The molecule has 2 aromatic carbocycles. The van der Waals surface area contributed by atoms with Crippen LogP contribution in [-0.2, 0) is 17.8 Å². The van der Waals surface area contributed by atoms with Crippen LogP contribution in [0.5, 0.6) is 17.4 Å². The van der Waals surface area contributed by atoms with Crippen LogP contribution in [0.15, 0.2) is 48.5 Å². The van der Waals surface area contributed by atoms with Gasteiger partial charge < -0.3 is 29.7 Å². The Kier molecular flexibility index (Phi) is 6.11. The van der Waals surface area contributed by atoms with Crippen molar-refractivity contribution in [1.82, 2.24) is 15.6 Å². The molecule has 0 saturated carbocycles. The Balaban J connectivity index is 1.21. The Morgan fingerprint density at radius 1 is 1.11 bits per heavy atom. The predicted molar refractivity (Wildman–Crippen MR) is 137 cm³/mol. The van der Waals surface area contributed by atoms with E-state index in [1.807, 2.05) is 6.07 Å². The average Bonchev–Trinajstić information content (AvgIpc) is 3.54. The lowest BCUT2D eigenvalue weighted by Gasteiger charge is -2.21. The predicted octanol–water partition coefficient (Wildman–Crippen LogP) is 3.59. The first-order valence-electron chi connectivity index (χ1n) is 12.5. The van der Waals surface area contributed by atoms with E-state index in [9.17, 15) is 4.79 Å². The molecule has 1 atom stereocenters. The van der Waals surface area contributed by atoms with E-state index in [1.54, 1.807) is 7.11 Å². The molecule has 2 N–H and O–H groups in total. The van der Waals surface area contributed by atoms with Gasteiger partial charge in [-0.15, -0.1) is 0 Å². The van der Waals surface area contributed by atoms with Crippen molar-refractivity contribution < 1.29 is 19.0 Å². The molecule has 36 heavy (non-hydrogen) atoms. The zero-order chi connectivity index (χ0) is 24.5. The number of nitrogens with zero attached hydrogens (tertiary/aromatic N) is 2. The number of nitrogens with one attached hydrogen (secondary N) is 2. The molecule has 0 bridgehead atoms. The average molecular weight is 487 g/mol. The van der Waals surface area contributed by atoms with E-state index >= 15 is 0 Å². The minimum absolute atomic E-state index is 0.133. The zero-order valence-electron chi connectivity index (χ0n) is 20.4. The van der Waals surface area contributed by atoms with Gasteiger partial charge >= 0.3 is 0 Å². The lowest BCUT2D eigenvalue weighted by atomic mass is 9.97. The van der Waals surface area contributed by atoms with Crippen molar-refractivity contribution in [2.45, 2.75) is 31.8 Å². The summed E-state index contributed by atoms with van der Waals surface area (Å²) < 4.78 is 17.1. The molecule has 0 aliphatic carbocycles. The van der Waals surface area contributed by atoms with Crippen molar-refractivity contribution >= 4 is 17.4 Å². The lowest BCUT2D eigenvalue weighted by molar-refractivity contribution is -0.119. The smallest absolute Gasteiger partial charge is 0.220 e. The number of carbonyl (C=O) groups is 1. The zero-order valence-corrected chi connectivity index (χ0v) is 20.4. The van der Waals surface area contributed by atoms with Gasteiger partial charge in [-0.1, -0.05) is 18.2 Å². The molecule has 1 fully saturated rings. The molecule has 6 rings (SSSR count). The molecule has 3 aliphatic heterocycles. The van der Waals surface area contributed by atoms with Gasteiger partial charge in [-0.3, -0.25) is 4.79 Å². The van der Waals surface area contributed by atoms with Gasteiger partial charge in [-0.2, -0.15) is 4.98 Å². The first kappa shape index (κ1) is 22.7. The molecule has 0 unspecified atom stereocenters. The van der Waals surface area contributed by atoms with Crippen LogP contribution in [0.4, 0.5) is 11.5 Å². The summed E-state index contributed by atoms with van der Waals surface area (Å²) >= 11 is 0. The number of pyridine rings is 1. The number of rotatable bonds is 7. The highest BCUT2D eigenvalue weighted by atomic mass is 16.6. The van der Waals surface area contributed by atoms with Gasteiger partial charge in [-0.05, 0) is 59.9 Å². The Labute approximate surface area is 210 Å². The van der Waals surface area contributed by atoms with Crippen LogP contribution in [0, 0.1) is 0 Å². The molecular formula is C28H30N4O4. The normalized spacial score (nSPS) is 18.2. The molecule has 3 aliphatic rings. The molecule has 8 heteroatoms. The maximum absolute atomic E-state index is 11.4. The lowest BCUT2D eigenvalue weighted by Crippen LogP contribution is -2.35. The number of aromatic nitrogens is 1. The Hall–Kier alpha value is -3.78. The van der Waals surface area contributed by atoms with Crippen molar-refractivity contribution in [3.05, 3.63) is 59.7 Å². The van der Waals surface area contributed by atoms with Gasteiger partial charge in [0, 0.05) is 43.3 Å². The highest BCUT2D eigenvalue weighted by molar-refractivity contribution is 5.80. The molecule has 1 aromatic heterocycles. The quantitative estimate of drug-likeness (QED) is 0.528. The molecule has 4 heterocycles. The number of anilines is 2. The first-order chi connectivity index (χ1) is 17.7. The number of hydrogen-bond acceptors (Lipinski definition) is 7. The molecule has 186 valence electrons. The molecule has 3 aromatic rings. The summed E-state index contributed by atoms with van der Waals surface area (Å²) in [7, 11) is 1.66. The van der Waals surface area contributed by atoms with Crippen molar-refractivity contribution in [2.24, 2.45) is 0 Å². The summed E-state index contributed by atoms with van der Waals surface area (Å²) in [5, 5.41) is 6.41. The number of hydrogen-bond donors (Lipinski definition) is 2. The van der Waals surface area contributed by atoms with Gasteiger partial charge in [0.15, 0.2) is 11.5 Å². The van der Waals surface area contributed by atoms with E-state index in [0.29, 0.717) is 32.1 Å². The number of amides is 1. The van der Waals surface area contributed by atoms with Crippen LogP contribution in [0.25, 0.3) is 11.1 Å². The summed E-state index contributed by atoms with van der Waals surface area (Å²) in [6.07, 6.45) is 2.42. The van der Waals surface area contributed by atoms with Gasteiger partial charge in [0.1, 0.15) is 19.0 Å². The molecule has 1 saturated heterocycles. The fourth-order valence-corrected chi connectivity index (χ4v) is 5.29. The summed E-state index contributed by atoms with van der Waals surface area (Å²) in [5.74, 6) is 3.23. The Bertz CT molecular complexity index is 1290. The Morgan fingerprint density at radius 3 is 2.83 bits per heavy atom. The second kappa shape index (κ2) is 9.70. The van der Waals surface area contributed by atoms with Crippen LogP contribution >= 0.6 is 0 Å². The van der Waals surface area contributed by atoms with Crippen molar-refractivity contribution in [3.63, 3.8) is 0 Å². The maximum Gasteiger partial charge on any atom is 0.220 e. The molecule has 8 nitrogen and oxygen atoms in total. The van der Waals surface area contributed by atoms with E-state index < -0.39 is 0 Å². The largest absolute Gasteiger partial charge is 0.486 e. The SMILES string of the molecule is COc1nc(N2CCc3c(-c4ccc5c(c4)OCCO5)cccc32)ccc1CNC[C@@H]1CCC(=O)N1. The minimum atomic E-state index is 0.133. The summed E-state index contributed by atoms with van der Waals surface area (Å²) in [5.41, 5.74) is 5.80. The van der Waals surface area contributed by atoms with E-state index in [-0.39, 0.29) is 11.9 Å². The summed E-state index contributed by atoms with van der Waals surface area (Å²) in [4.78, 5) is 18.5. The minimum Gasteiger partial charge on any atom is -0.486 e. The third-order valence-corrected chi connectivity index (χ3v) is 7.07. The third kappa shape index (κ3) is 4.33. The van der Waals surface area contributed by atoms with E-state index in [4.69, 9.17) is 19.2 Å². The molecule has 0 spiro atoms. The van der Waals surface area contributed by atoms with Crippen molar-refractivity contribution in [2.75, 3.05) is 38.3 Å². The first-order valence-corrected chi connectivity index (χ1v) is 12.5. The number of carbonyl (C=O) groups excluding carboxylic acids is 1. The summed E-state index contributed by atoms with van der Waals surface area (Å²) in [6, 6.07) is 16.9. The van der Waals surface area contributed by atoms with Crippen molar-refractivity contribution in [1.29, 1.82) is 0 Å². The number of fused-ring (bicyclic) bond motifs is 2. The van der Waals surface area contributed by atoms with E-state index in [2.05, 4.69) is 58.0 Å². The number of benzene rings is 2. The number of methoxy groups -OCH3 is 1. The van der Waals surface area contributed by atoms with E-state index in [0.717, 1.165) is 54.4 Å². The summed E-state index contributed by atoms with van der Waals surface area (Å²) in [6.45, 7) is 3.39. The van der Waals surface area contributed by atoms with Gasteiger partial charge in [0.05, 0.1) is 7.11 Å². The van der Waals surface area contributed by atoms with Crippen molar-refractivity contribution in [3.8, 4) is 28.5 Å². The fourth-order valence-electron chi connectivity index (χ4n) is 5.29. The van der Waals surface area contributed by atoms with E-state index in [1.165, 1.54) is 16.8 Å². The van der Waals surface area contributed by atoms with Crippen LogP contribution in [0.3, 0.4) is 0 Å². The molecular weight excluding hydrogens is 456 g/mol.